The van der Waals surface area contributed by atoms with E-state index in [1.165, 1.54) is 0 Å². The molecule has 0 aliphatic heterocycles. The van der Waals surface area contributed by atoms with E-state index in [9.17, 15) is 0 Å². The molecule has 0 aliphatic rings. The van der Waals surface area contributed by atoms with Crippen molar-refractivity contribution in [3.8, 4) is 6.07 Å². The van der Waals surface area contributed by atoms with Gasteiger partial charge in [-0.05, 0) is 31.5 Å². The van der Waals surface area contributed by atoms with Crippen molar-refractivity contribution in [2.24, 2.45) is 0 Å². The van der Waals surface area contributed by atoms with E-state index in [1.54, 1.807) is 6.92 Å². The summed E-state index contributed by atoms with van der Waals surface area (Å²) in [6.45, 7) is 4.22. The van der Waals surface area contributed by atoms with Crippen LogP contribution in [0.4, 0.5) is 0 Å². The summed E-state index contributed by atoms with van der Waals surface area (Å²) in [5.74, 6) is 0. The molecular formula is C12H14ClNO. The monoisotopic (exact) mass is 223 g/mol. The molecule has 0 bridgehead atoms. The molecule has 80 valence electrons. The highest BCUT2D eigenvalue weighted by atomic mass is 35.5. The van der Waals surface area contributed by atoms with Gasteiger partial charge in [-0.25, -0.2) is 0 Å². The zero-order chi connectivity index (χ0) is 11.3. The van der Waals surface area contributed by atoms with Crippen molar-refractivity contribution >= 4 is 11.6 Å². The van der Waals surface area contributed by atoms with E-state index in [0.717, 1.165) is 5.56 Å². The van der Waals surface area contributed by atoms with E-state index in [0.29, 0.717) is 18.1 Å². The number of nitrogens with zero attached hydrogens (tertiary/aromatic N) is 1. The lowest BCUT2D eigenvalue weighted by Crippen LogP contribution is -2.29. The molecule has 0 saturated carbocycles. The molecular weight excluding hydrogens is 210 g/mol. The van der Waals surface area contributed by atoms with Crippen LogP contribution in [0.15, 0.2) is 24.3 Å². The number of halogens is 1. The molecule has 1 aromatic carbocycles. The minimum Gasteiger partial charge on any atom is -0.360 e. The maximum Gasteiger partial charge on any atom is 0.155 e. The van der Waals surface area contributed by atoms with Gasteiger partial charge in [-0.15, -0.1) is 0 Å². The first-order valence-corrected chi connectivity index (χ1v) is 5.27. The van der Waals surface area contributed by atoms with E-state index in [4.69, 9.17) is 21.6 Å². The summed E-state index contributed by atoms with van der Waals surface area (Å²) in [5, 5.41) is 9.73. The molecule has 0 aliphatic carbocycles. The molecule has 0 spiro atoms. The first kappa shape index (κ1) is 12.0. The third-order valence-corrected chi connectivity index (χ3v) is 2.41. The quantitative estimate of drug-likeness (QED) is 0.786. The number of rotatable bonds is 4. The van der Waals surface area contributed by atoms with E-state index in [1.807, 2.05) is 31.2 Å². The molecule has 0 fully saturated rings. The van der Waals surface area contributed by atoms with E-state index < -0.39 is 5.60 Å². The Morgan fingerprint density at radius 1 is 1.40 bits per heavy atom. The maximum absolute atomic E-state index is 9.03. The van der Waals surface area contributed by atoms with Crippen LogP contribution in [-0.2, 0) is 11.2 Å². The van der Waals surface area contributed by atoms with Gasteiger partial charge in [0.15, 0.2) is 5.60 Å². The van der Waals surface area contributed by atoms with E-state index in [2.05, 4.69) is 6.07 Å². The summed E-state index contributed by atoms with van der Waals surface area (Å²) < 4.78 is 5.42. The summed E-state index contributed by atoms with van der Waals surface area (Å²) >= 11 is 5.78. The molecule has 1 rings (SSSR count). The minimum atomic E-state index is -0.747. The zero-order valence-electron chi connectivity index (χ0n) is 8.96. The Labute approximate surface area is 95.4 Å². The summed E-state index contributed by atoms with van der Waals surface area (Å²) in [5.41, 5.74) is 0.305. The lowest BCUT2D eigenvalue weighted by Gasteiger charge is -2.21. The number of benzene rings is 1. The van der Waals surface area contributed by atoms with E-state index in [-0.39, 0.29) is 0 Å². The predicted octanol–water partition coefficient (Wildman–Crippen LogP) is 3.20. The SMILES string of the molecule is CCOC(C)(C#N)Cc1ccc(Cl)cc1. The van der Waals surface area contributed by atoms with Crippen molar-refractivity contribution in [2.75, 3.05) is 6.61 Å². The fourth-order valence-corrected chi connectivity index (χ4v) is 1.56. The van der Waals surface area contributed by atoms with Gasteiger partial charge in [-0.1, -0.05) is 23.7 Å². The molecule has 1 unspecified atom stereocenters. The Kier molecular flexibility index (Phi) is 4.14. The Bertz CT molecular complexity index is 355. The average molecular weight is 224 g/mol. The normalized spacial score (nSPS) is 14.3. The number of nitriles is 1. The molecule has 2 nitrogen and oxygen atoms in total. The van der Waals surface area contributed by atoms with Gasteiger partial charge in [0.25, 0.3) is 0 Å². The topological polar surface area (TPSA) is 33.0 Å². The molecule has 0 aromatic heterocycles. The van der Waals surface area contributed by atoms with Gasteiger partial charge in [0.1, 0.15) is 0 Å². The van der Waals surface area contributed by atoms with Crippen molar-refractivity contribution in [1.82, 2.24) is 0 Å². The van der Waals surface area contributed by atoms with Crippen LogP contribution < -0.4 is 0 Å². The van der Waals surface area contributed by atoms with Crippen LogP contribution in [0, 0.1) is 11.3 Å². The molecule has 1 aromatic rings. The molecule has 0 N–H and O–H groups in total. The summed E-state index contributed by atoms with van der Waals surface area (Å²) in [6.07, 6.45) is 0.578. The van der Waals surface area contributed by atoms with Crippen LogP contribution in [0.2, 0.25) is 5.02 Å². The Morgan fingerprint density at radius 3 is 2.47 bits per heavy atom. The fraction of sp³-hybridized carbons (Fsp3) is 0.417. The van der Waals surface area contributed by atoms with Crippen LogP contribution in [0.1, 0.15) is 19.4 Å². The Balaban J connectivity index is 2.76. The maximum atomic E-state index is 9.03. The lowest BCUT2D eigenvalue weighted by molar-refractivity contribution is 0.0203. The molecule has 15 heavy (non-hydrogen) atoms. The fourth-order valence-electron chi connectivity index (χ4n) is 1.43. The second-order valence-electron chi connectivity index (χ2n) is 3.58. The van der Waals surface area contributed by atoms with Gasteiger partial charge in [-0.2, -0.15) is 5.26 Å². The molecule has 0 radical (unpaired) electrons. The summed E-state index contributed by atoms with van der Waals surface area (Å²) in [7, 11) is 0. The second kappa shape index (κ2) is 5.16. The van der Waals surface area contributed by atoms with Crippen LogP contribution in [0.5, 0.6) is 0 Å². The van der Waals surface area contributed by atoms with Gasteiger partial charge in [0.05, 0.1) is 6.07 Å². The summed E-state index contributed by atoms with van der Waals surface area (Å²) in [6, 6.07) is 9.65. The lowest BCUT2D eigenvalue weighted by atomic mass is 9.98. The number of ether oxygens (including phenoxy) is 1. The van der Waals surface area contributed by atoms with Crippen molar-refractivity contribution in [3.05, 3.63) is 34.9 Å². The average Bonchev–Trinajstić information content (AvgIpc) is 2.22. The predicted molar refractivity (Wildman–Crippen MR) is 60.8 cm³/mol. The van der Waals surface area contributed by atoms with Crippen molar-refractivity contribution < 1.29 is 4.74 Å². The Hall–Kier alpha value is -1.04. The second-order valence-corrected chi connectivity index (χ2v) is 4.02. The van der Waals surface area contributed by atoms with Crippen molar-refractivity contribution in [3.63, 3.8) is 0 Å². The van der Waals surface area contributed by atoms with Gasteiger partial charge in [0, 0.05) is 18.1 Å². The molecule has 0 saturated heterocycles. The van der Waals surface area contributed by atoms with Crippen LogP contribution >= 0.6 is 11.6 Å². The molecule has 0 heterocycles. The highest BCUT2D eigenvalue weighted by molar-refractivity contribution is 6.30. The minimum absolute atomic E-state index is 0.539. The number of hydrogen-bond donors (Lipinski definition) is 0. The first-order valence-electron chi connectivity index (χ1n) is 4.89. The van der Waals surface area contributed by atoms with Gasteiger partial charge < -0.3 is 4.74 Å². The highest BCUT2D eigenvalue weighted by Gasteiger charge is 2.24. The molecule has 3 heteroatoms. The highest BCUT2D eigenvalue weighted by Crippen LogP contribution is 2.18. The van der Waals surface area contributed by atoms with Crippen LogP contribution in [-0.4, -0.2) is 12.2 Å². The zero-order valence-corrected chi connectivity index (χ0v) is 9.71. The van der Waals surface area contributed by atoms with E-state index >= 15 is 0 Å². The number of hydrogen-bond acceptors (Lipinski definition) is 2. The van der Waals surface area contributed by atoms with Crippen molar-refractivity contribution in [2.45, 2.75) is 25.9 Å². The van der Waals surface area contributed by atoms with Gasteiger partial charge >= 0.3 is 0 Å². The smallest absolute Gasteiger partial charge is 0.155 e. The summed E-state index contributed by atoms with van der Waals surface area (Å²) in [4.78, 5) is 0. The van der Waals surface area contributed by atoms with Gasteiger partial charge in [-0.3, -0.25) is 0 Å². The molecule has 0 amide bonds. The largest absolute Gasteiger partial charge is 0.360 e. The van der Waals surface area contributed by atoms with Crippen LogP contribution in [0.25, 0.3) is 0 Å². The Morgan fingerprint density at radius 2 is 2.00 bits per heavy atom. The third-order valence-electron chi connectivity index (χ3n) is 2.15. The standard InChI is InChI=1S/C12H14ClNO/c1-3-15-12(2,9-14)8-10-4-6-11(13)7-5-10/h4-7H,3,8H2,1-2H3. The molecule has 1 atom stereocenters. The van der Waals surface area contributed by atoms with Gasteiger partial charge in [0.2, 0.25) is 0 Å². The third kappa shape index (κ3) is 3.54. The first-order chi connectivity index (χ1) is 7.09. The van der Waals surface area contributed by atoms with Crippen LogP contribution in [0.3, 0.4) is 0 Å². The van der Waals surface area contributed by atoms with Crippen molar-refractivity contribution in [1.29, 1.82) is 5.26 Å².